The van der Waals surface area contributed by atoms with Crippen molar-refractivity contribution in [1.82, 2.24) is 14.6 Å². The van der Waals surface area contributed by atoms with Gasteiger partial charge in [0.2, 0.25) is 11.8 Å². The van der Waals surface area contributed by atoms with Crippen LogP contribution in [-0.4, -0.2) is 54.4 Å². The molecule has 1 atom stereocenters. The summed E-state index contributed by atoms with van der Waals surface area (Å²) in [7, 11) is -3.87. The van der Waals surface area contributed by atoms with Crippen molar-refractivity contribution in [3.63, 3.8) is 0 Å². The van der Waals surface area contributed by atoms with Crippen LogP contribution in [0.15, 0.2) is 29.4 Å². The van der Waals surface area contributed by atoms with E-state index in [1.165, 1.54) is 12.3 Å². The van der Waals surface area contributed by atoms with E-state index in [2.05, 4.69) is 10.3 Å². The minimum Gasteiger partial charge on any atom is -0.369 e. The highest BCUT2D eigenvalue weighted by Crippen LogP contribution is 2.22. The topological polar surface area (TPSA) is 140 Å². The van der Waals surface area contributed by atoms with Crippen LogP contribution in [0.1, 0.15) is 39.5 Å². The van der Waals surface area contributed by atoms with Crippen LogP contribution >= 0.6 is 0 Å². The van der Waals surface area contributed by atoms with Gasteiger partial charge < -0.3 is 11.1 Å². The zero-order chi connectivity index (χ0) is 20.9. The lowest BCUT2D eigenvalue weighted by Crippen LogP contribution is -2.44. The van der Waals surface area contributed by atoms with E-state index in [0.717, 1.165) is 4.31 Å². The highest BCUT2D eigenvalue weighted by Gasteiger charge is 2.34. The predicted octanol–water partition coefficient (Wildman–Crippen LogP) is 0.212. The predicted molar refractivity (Wildman–Crippen MR) is 101 cm³/mol. The van der Waals surface area contributed by atoms with Crippen molar-refractivity contribution in [3.8, 4) is 0 Å². The maximum Gasteiger partial charge on any atom is 0.260 e. The highest BCUT2D eigenvalue weighted by molar-refractivity contribution is 7.89. The normalized spacial score (nSPS) is 19.1. The van der Waals surface area contributed by atoms with Crippen molar-refractivity contribution in [2.45, 2.75) is 50.6 Å². The Balaban J connectivity index is 1.99. The number of primary amides is 1. The number of carbonyl (C=O) groups is 3. The van der Waals surface area contributed by atoms with Gasteiger partial charge in [0.05, 0.1) is 12.6 Å². The molecule has 2 heterocycles. The molecule has 3 N–H and O–H groups in total. The molecule has 0 spiro atoms. The fraction of sp³-hybridized carbons (Fsp3) is 0.556. The highest BCUT2D eigenvalue weighted by atomic mass is 32.2. The number of ketones is 1. The Morgan fingerprint density at radius 1 is 1.36 bits per heavy atom. The van der Waals surface area contributed by atoms with Crippen molar-refractivity contribution in [2.75, 3.05) is 13.1 Å². The fourth-order valence-corrected chi connectivity index (χ4v) is 4.18. The van der Waals surface area contributed by atoms with E-state index >= 15 is 0 Å². The van der Waals surface area contributed by atoms with E-state index in [9.17, 15) is 22.8 Å². The maximum atomic E-state index is 12.7. The molecular formula is C18H26N4O5S. The first kappa shape index (κ1) is 22.0. The number of rotatable bonds is 7. The lowest BCUT2D eigenvalue weighted by Gasteiger charge is -2.21. The Kier molecular flexibility index (Phi) is 6.89. The second-order valence-electron chi connectivity index (χ2n) is 7.48. The second kappa shape index (κ2) is 8.78. The van der Waals surface area contributed by atoms with E-state index < -0.39 is 27.4 Å². The average Bonchev–Trinajstić information content (AvgIpc) is 2.83. The molecule has 0 unspecified atom stereocenters. The maximum absolute atomic E-state index is 12.7. The third kappa shape index (κ3) is 5.35. The van der Waals surface area contributed by atoms with Crippen molar-refractivity contribution in [1.29, 1.82) is 0 Å². The van der Waals surface area contributed by atoms with Gasteiger partial charge in [-0.3, -0.25) is 14.4 Å². The first-order valence-electron chi connectivity index (χ1n) is 9.07. The van der Waals surface area contributed by atoms with E-state index in [0.29, 0.717) is 12.8 Å². The zero-order valence-corrected chi connectivity index (χ0v) is 16.9. The molecule has 0 aliphatic carbocycles. The largest absolute Gasteiger partial charge is 0.369 e. The van der Waals surface area contributed by atoms with Crippen molar-refractivity contribution in [3.05, 3.63) is 24.4 Å². The molecule has 10 heteroatoms. The number of sulfonamides is 1. The number of pyridine rings is 1. The van der Waals surface area contributed by atoms with Crippen molar-refractivity contribution < 1.29 is 22.8 Å². The molecule has 28 heavy (non-hydrogen) atoms. The molecule has 1 saturated heterocycles. The summed E-state index contributed by atoms with van der Waals surface area (Å²) in [6.07, 6.45) is 2.46. The lowest BCUT2D eigenvalue weighted by molar-refractivity contribution is -0.129. The number of aromatic nitrogens is 1. The van der Waals surface area contributed by atoms with Crippen LogP contribution < -0.4 is 11.1 Å². The summed E-state index contributed by atoms with van der Waals surface area (Å²) in [5.41, 5.74) is 4.47. The molecule has 0 radical (unpaired) electrons. The van der Waals surface area contributed by atoms with E-state index in [-0.39, 0.29) is 42.6 Å². The number of amides is 2. The summed E-state index contributed by atoms with van der Waals surface area (Å²) in [6, 6.07) is 3.80. The Bertz CT molecular complexity index is 839. The lowest BCUT2D eigenvalue weighted by atomic mass is 9.87. The molecule has 1 aromatic rings. The molecule has 0 bridgehead atoms. The molecule has 0 saturated carbocycles. The van der Waals surface area contributed by atoms with E-state index in [1.807, 2.05) is 0 Å². The van der Waals surface area contributed by atoms with Crippen LogP contribution in [-0.2, 0) is 24.4 Å². The van der Waals surface area contributed by atoms with Crippen LogP contribution in [0.3, 0.4) is 0 Å². The van der Waals surface area contributed by atoms with Gasteiger partial charge in [-0.1, -0.05) is 19.9 Å². The van der Waals surface area contributed by atoms with Crippen LogP contribution in [0.25, 0.3) is 0 Å². The summed E-state index contributed by atoms with van der Waals surface area (Å²) in [5.74, 6) is -1.24. The first-order valence-corrected chi connectivity index (χ1v) is 10.5. The molecule has 1 aliphatic heterocycles. The van der Waals surface area contributed by atoms with Crippen LogP contribution in [0.5, 0.6) is 0 Å². The smallest absolute Gasteiger partial charge is 0.260 e. The van der Waals surface area contributed by atoms with Crippen molar-refractivity contribution >= 4 is 27.6 Å². The number of nitrogens with zero attached hydrogens (tertiary/aromatic N) is 2. The summed E-state index contributed by atoms with van der Waals surface area (Å²) in [6.45, 7) is 3.15. The average molecular weight is 410 g/mol. The van der Waals surface area contributed by atoms with E-state index in [1.54, 1.807) is 26.0 Å². The third-order valence-electron chi connectivity index (χ3n) is 4.84. The number of carbonyl (C=O) groups excluding carboxylic acids is 3. The molecule has 1 aromatic heterocycles. The fourth-order valence-electron chi connectivity index (χ4n) is 2.80. The molecule has 1 aliphatic rings. The summed E-state index contributed by atoms with van der Waals surface area (Å²) >= 11 is 0. The molecule has 1 fully saturated rings. The Labute approximate surface area is 164 Å². The van der Waals surface area contributed by atoms with Gasteiger partial charge >= 0.3 is 0 Å². The summed E-state index contributed by atoms with van der Waals surface area (Å²) in [5, 5.41) is 2.54. The Morgan fingerprint density at radius 2 is 2.07 bits per heavy atom. The molecule has 0 aromatic carbocycles. The molecule has 2 amide bonds. The van der Waals surface area contributed by atoms with Gasteiger partial charge in [-0.05, 0) is 31.4 Å². The molecule has 154 valence electrons. The SMILES string of the molecule is CC(C)(CCC(=O)N[C@@H]1CCCN(S(=O)(=O)c2ccccn2)CC1=O)C(N)=O. The number of nitrogens with one attached hydrogen (secondary N) is 1. The molecule has 2 rings (SSSR count). The number of hydrogen-bond donors (Lipinski definition) is 2. The van der Waals surface area contributed by atoms with Gasteiger partial charge in [0.15, 0.2) is 10.8 Å². The van der Waals surface area contributed by atoms with Gasteiger partial charge in [0, 0.05) is 24.6 Å². The number of Topliss-reactive ketones (excluding diaryl/α,β-unsaturated/α-hetero) is 1. The minimum absolute atomic E-state index is 0.0513. The summed E-state index contributed by atoms with van der Waals surface area (Å²) < 4.78 is 26.4. The first-order chi connectivity index (χ1) is 13.0. The Hall–Kier alpha value is -2.33. The van der Waals surface area contributed by atoms with Gasteiger partial charge in [-0.2, -0.15) is 4.31 Å². The second-order valence-corrected chi connectivity index (χ2v) is 9.37. The minimum atomic E-state index is -3.87. The quantitative estimate of drug-likeness (QED) is 0.659. The zero-order valence-electron chi connectivity index (χ0n) is 16.1. The van der Waals surface area contributed by atoms with Crippen LogP contribution in [0, 0.1) is 5.41 Å². The third-order valence-corrected chi connectivity index (χ3v) is 6.60. The van der Waals surface area contributed by atoms with Gasteiger partial charge in [-0.25, -0.2) is 13.4 Å². The standard InChI is InChI=1S/C18H26N4O5S/c1-18(2,17(19)25)9-8-15(24)21-13-6-5-11-22(12-14(13)23)28(26,27)16-7-3-4-10-20-16/h3-4,7,10,13H,5-6,8-9,11-12H2,1-2H3,(H2,19,25)(H,21,24)/t13-/m1/s1. The van der Waals surface area contributed by atoms with E-state index in [4.69, 9.17) is 5.73 Å². The molecular weight excluding hydrogens is 384 g/mol. The Morgan fingerprint density at radius 3 is 2.68 bits per heavy atom. The molecule has 9 nitrogen and oxygen atoms in total. The van der Waals surface area contributed by atoms with Crippen molar-refractivity contribution in [2.24, 2.45) is 11.1 Å². The number of nitrogens with two attached hydrogens (primary N) is 1. The summed E-state index contributed by atoms with van der Waals surface area (Å²) in [4.78, 5) is 39.9. The van der Waals surface area contributed by atoms with Gasteiger partial charge in [0.25, 0.3) is 10.0 Å². The van der Waals surface area contributed by atoms with Crippen LogP contribution in [0.4, 0.5) is 0 Å². The van der Waals surface area contributed by atoms with Gasteiger partial charge in [0.1, 0.15) is 0 Å². The van der Waals surface area contributed by atoms with Crippen LogP contribution in [0.2, 0.25) is 0 Å². The van der Waals surface area contributed by atoms with Gasteiger partial charge in [-0.15, -0.1) is 0 Å². The monoisotopic (exact) mass is 410 g/mol. The number of hydrogen-bond acceptors (Lipinski definition) is 6.